The van der Waals surface area contributed by atoms with E-state index in [2.05, 4.69) is 0 Å². The Bertz CT molecular complexity index is 953. The fourth-order valence-corrected chi connectivity index (χ4v) is 4.47. The minimum absolute atomic E-state index is 0.0424. The first-order valence-electron chi connectivity index (χ1n) is 11.2. The molecular formula is C25H28ClFN2O4. The van der Waals surface area contributed by atoms with Crippen LogP contribution in [0.2, 0.25) is 5.02 Å². The lowest BCUT2D eigenvalue weighted by Crippen LogP contribution is -2.49. The van der Waals surface area contributed by atoms with Crippen molar-refractivity contribution in [1.29, 1.82) is 0 Å². The summed E-state index contributed by atoms with van der Waals surface area (Å²) in [6, 6.07) is 12.8. The fraction of sp³-hybridized carbons (Fsp3) is 0.440. The summed E-state index contributed by atoms with van der Waals surface area (Å²) in [6.45, 7) is 3.68. The van der Waals surface area contributed by atoms with Crippen molar-refractivity contribution in [2.75, 3.05) is 46.0 Å². The van der Waals surface area contributed by atoms with E-state index in [9.17, 15) is 14.0 Å². The SMILES string of the molecule is O=C(CC1(COc2ccc(F)cc2)CCN(C(=O)c2ccc(Cl)cc2)CC1)N1CCOCC1. The van der Waals surface area contributed by atoms with Crippen molar-refractivity contribution in [3.63, 3.8) is 0 Å². The van der Waals surface area contributed by atoms with Crippen molar-refractivity contribution in [3.05, 3.63) is 64.9 Å². The summed E-state index contributed by atoms with van der Waals surface area (Å²) in [5, 5.41) is 0.587. The van der Waals surface area contributed by atoms with E-state index in [1.807, 2.05) is 9.80 Å². The predicted molar refractivity (Wildman–Crippen MR) is 123 cm³/mol. The molecule has 4 rings (SSSR count). The molecule has 2 saturated heterocycles. The van der Waals surface area contributed by atoms with Crippen LogP contribution >= 0.6 is 11.6 Å². The van der Waals surface area contributed by atoms with Gasteiger partial charge in [0.2, 0.25) is 5.91 Å². The van der Waals surface area contributed by atoms with Gasteiger partial charge in [0.05, 0.1) is 19.8 Å². The highest BCUT2D eigenvalue weighted by atomic mass is 35.5. The molecule has 33 heavy (non-hydrogen) atoms. The van der Waals surface area contributed by atoms with Crippen LogP contribution in [0.25, 0.3) is 0 Å². The van der Waals surface area contributed by atoms with Crippen molar-refractivity contribution in [1.82, 2.24) is 9.80 Å². The second kappa shape index (κ2) is 10.5. The highest BCUT2D eigenvalue weighted by molar-refractivity contribution is 6.30. The minimum Gasteiger partial charge on any atom is -0.493 e. The number of hydrogen-bond donors (Lipinski definition) is 0. The molecule has 2 heterocycles. The Morgan fingerprint density at radius 2 is 1.58 bits per heavy atom. The van der Waals surface area contributed by atoms with Crippen LogP contribution in [0.15, 0.2) is 48.5 Å². The molecule has 0 N–H and O–H groups in total. The van der Waals surface area contributed by atoms with Crippen molar-refractivity contribution >= 4 is 23.4 Å². The Kier molecular flexibility index (Phi) is 7.50. The lowest BCUT2D eigenvalue weighted by molar-refractivity contribution is -0.139. The first kappa shape index (κ1) is 23.5. The van der Waals surface area contributed by atoms with Gasteiger partial charge in [0.15, 0.2) is 0 Å². The summed E-state index contributed by atoms with van der Waals surface area (Å²) >= 11 is 5.94. The number of morpholine rings is 1. The predicted octanol–water partition coefficient (Wildman–Crippen LogP) is 4.03. The lowest BCUT2D eigenvalue weighted by Gasteiger charge is -2.42. The molecule has 2 aromatic rings. The van der Waals surface area contributed by atoms with E-state index in [1.54, 1.807) is 36.4 Å². The van der Waals surface area contributed by atoms with Crippen LogP contribution < -0.4 is 4.74 Å². The van der Waals surface area contributed by atoms with Gasteiger partial charge in [0.1, 0.15) is 11.6 Å². The zero-order chi connectivity index (χ0) is 23.3. The standard InChI is InChI=1S/C25H28ClFN2O4/c26-20-3-1-19(2-4-20)24(31)29-11-9-25(10-12-29,17-23(30)28-13-15-32-16-14-28)18-33-22-7-5-21(27)6-8-22/h1-8H,9-18H2. The minimum atomic E-state index is -0.402. The molecule has 8 heteroatoms. The normalized spacial score (nSPS) is 18.1. The van der Waals surface area contributed by atoms with E-state index >= 15 is 0 Å². The van der Waals surface area contributed by atoms with E-state index in [0.717, 1.165) is 0 Å². The van der Waals surface area contributed by atoms with Gasteiger partial charge in [0.25, 0.3) is 5.91 Å². The monoisotopic (exact) mass is 474 g/mol. The number of carbonyl (C=O) groups excluding carboxylic acids is 2. The Balaban J connectivity index is 1.44. The highest BCUT2D eigenvalue weighted by Gasteiger charge is 2.40. The molecule has 0 unspecified atom stereocenters. The molecule has 0 bridgehead atoms. The second-order valence-corrected chi connectivity index (χ2v) is 9.15. The van der Waals surface area contributed by atoms with Crippen LogP contribution in [-0.2, 0) is 9.53 Å². The maximum Gasteiger partial charge on any atom is 0.253 e. The van der Waals surface area contributed by atoms with E-state index in [1.165, 1.54) is 12.1 Å². The van der Waals surface area contributed by atoms with Crippen LogP contribution in [0.4, 0.5) is 4.39 Å². The molecular weight excluding hydrogens is 447 g/mol. The van der Waals surface area contributed by atoms with Gasteiger partial charge >= 0.3 is 0 Å². The summed E-state index contributed by atoms with van der Waals surface area (Å²) in [4.78, 5) is 29.7. The maximum atomic E-state index is 13.3. The van der Waals surface area contributed by atoms with Gasteiger partial charge in [-0.05, 0) is 61.4 Å². The van der Waals surface area contributed by atoms with Gasteiger partial charge in [-0.2, -0.15) is 0 Å². The number of amides is 2. The Morgan fingerprint density at radius 3 is 2.21 bits per heavy atom. The summed E-state index contributed by atoms with van der Waals surface area (Å²) in [5.41, 5.74) is 0.194. The van der Waals surface area contributed by atoms with Gasteiger partial charge in [0, 0.05) is 48.6 Å². The third kappa shape index (κ3) is 6.03. The second-order valence-electron chi connectivity index (χ2n) is 8.71. The maximum absolute atomic E-state index is 13.3. The first-order chi connectivity index (χ1) is 15.9. The van der Waals surface area contributed by atoms with Crippen LogP contribution in [0.1, 0.15) is 29.6 Å². The van der Waals surface area contributed by atoms with Crippen molar-refractivity contribution in [3.8, 4) is 5.75 Å². The van der Waals surface area contributed by atoms with Gasteiger partial charge in [-0.25, -0.2) is 4.39 Å². The molecule has 2 aliphatic rings. The number of carbonyl (C=O) groups is 2. The molecule has 0 atom stereocenters. The van der Waals surface area contributed by atoms with Gasteiger partial charge in [-0.3, -0.25) is 9.59 Å². The van der Waals surface area contributed by atoms with Crippen molar-refractivity contribution in [2.24, 2.45) is 5.41 Å². The van der Waals surface area contributed by atoms with Crippen LogP contribution in [0.5, 0.6) is 5.75 Å². The Hall–Kier alpha value is -2.64. The zero-order valence-corrected chi connectivity index (χ0v) is 19.2. The molecule has 2 amide bonds. The number of benzene rings is 2. The third-order valence-corrected chi connectivity index (χ3v) is 6.70. The van der Waals surface area contributed by atoms with E-state index in [0.29, 0.717) is 81.6 Å². The molecule has 176 valence electrons. The summed E-state index contributed by atoms with van der Waals surface area (Å²) < 4.78 is 24.6. The van der Waals surface area contributed by atoms with E-state index in [-0.39, 0.29) is 17.6 Å². The van der Waals surface area contributed by atoms with Gasteiger partial charge in [-0.15, -0.1) is 0 Å². The molecule has 0 aromatic heterocycles. The quantitative estimate of drug-likeness (QED) is 0.634. The number of nitrogens with zero attached hydrogens (tertiary/aromatic N) is 2. The largest absolute Gasteiger partial charge is 0.493 e. The number of rotatable bonds is 6. The molecule has 0 radical (unpaired) electrons. The highest BCUT2D eigenvalue weighted by Crippen LogP contribution is 2.37. The molecule has 6 nitrogen and oxygen atoms in total. The number of hydrogen-bond acceptors (Lipinski definition) is 4. The molecule has 0 aliphatic carbocycles. The smallest absolute Gasteiger partial charge is 0.253 e. The molecule has 2 aliphatic heterocycles. The van der Waals surface area contributed by atoms with Crippen molar-refractivity contribution < 1.29 is 23.5 Å². The molecule has 0 spiro atoms. The van der Waals surface area contributed by atoms with Crippen LogP contribution in [0, 0.1) is 11.2 Å². The third-order valence-electron chi connectivity index (χ3n) is 6.45. The summed E-state index contributed by atoms with van der Waals surface area (Å²) in [6.07, 6.45) is 1.63. The van der Waals surface area contributed by atoms with E-state index in [4.69, 9.17) is 21.1 Å². The first-order valence-corrected chi connectivity index (χ1v) is 11.6. The number of piperidine rings is 1. The average molecular weight is 475 g/mol. The van der Waals surface area contributed by atoms with Gasteiger partial charge in [-0.1, -0.05) is 11.6 Å². The number of ether oxygens (including phenoxy) is 2. The Labute approximate surface area is 198 Å². The van der Waals surface area contributed by atoms with Crippen LogP contribution in [0.3, 0.4) is 0 Å². The number of likely N-dealkylation sites (tertiary alicyclic amines) is 1. The zero-order valence-electron chi connectivity index (χ0n) is 18.5. The summed E-state index contributed by atoms with van der Waals surface area (Å²) in [7, 11) is 0. The van der Waals surface area contributed by atoms with Crippen molar-refractivity contribution in [2.45, 2.75) is 19.3 Å². The topological polar surface area (TPSA) is 59.1 Å². The van der Waals surface area contributed by atoms with Gasteiger partial charge < -0.3 is 19.3 Å². The van der Waals surface area contributed by atoms with E-state index < -0.39 is 5.41 Å². The molecule has 2 aromatic carbocycles. The molecule has 2 fully saturated rings. The van der Waals surface area contributed by atoms with Crippen LogP contribution in [-0.4, -0.2) is 67.6 Å². The Morgan fingerprint density at radius 1 is 0.939 bits per heavy atom. The number of halogens is 2. The lowest BCUT2D eigenvalue weighted by atomic mass is 9.75. The molecule has 0 saturated carbocycles. The summed E-state index contributed by atoms with van der Waals surface area (Å²) in [5.74, 6) is 0.278. The fourth-order valence-electron chi connectivity index (χ4n) is 4.34. The average Bonchev–Trinajstić information content (AvgIpc) is 2.85.